The first-order valence-electron chi connectivity index (χ1n) is 6.79. The number of nitrogens with one attached hydrogen (secondary N) is 1. The van der Waals surface area contributed by atoms with Crippen LogP contribution in [0.25, 0.3) is 0 Å². The third-order valence-electron chi connectivity index (χ3n) is 2.83. The zero-order chi connectivity index (χ0) is 15.0. The van der Waals surface area contributed by atoms with E-state index in [0.29, 0.717) is 10.8 Å². The molecule has 0 radical (unpaired) electrons. The molecule has 1 heterocycles. The monoisotopic (exact) mass is 314 g/mol. The predicted octanol–water partition coefficient (Wildman–Crippen LogP) is 1.93. The van der Waals surface area contributed by atoms with Crippen LogP contribution < -0.4 is 5.32 Å². The Kier molecular flexibility index (Phi) is 7.24. The molecule has 20 heavy (non-hydrogen) atoms. The van der Waals surface area contributed by atoms with E-state index < -0.39 is 10.0 Å². The Morgan fingerprint density at radius 2 is 2.10 bits per heavy atom. The molecule has 1 aromatic heterocycles. The highest BCUT2D eigenvalue weighted by Gasteiger charge is 2.23. The van der Waals surface area contributed by atoms with Gasteiger partial charge in [0, 0.05) is 11.4 Å². The molecule has 4 nitrogen and oxygen atoms in total. The van der Waals surface area contributed by atoms with Crippen molar-refractivity contribution in [3.63, 3.8) is 0 Å². The van der Waals surface area contributed by atoms with E-state index in [1.807, 2.05) is 6.07 Å². The van der Waals surface area contributed by atoms with Crippen LogP contribution in [0.4, 0.5) is 0 Å². The molecule has 0 saturated heterocycles. The summed E-state index contributed by atoms with van der Waals surface area (Å²) in [5.74, 6) is 2.39. The van der Waals surface area contributed by atoms with Gasteiger partial charge in [0.1, 0.15) is 4.21 Å². The maximum Gasteiger partial charge on any atom is 0.253 e. The summed E-state index contributed by atoms with van der Waals surface area (Å²) in [7, 11) is -3.44. The Hall–Kier alpha value is -0.870. The van der Waals surface area contributed by atoms with Gasteiger partial charge in [-0.3, -0.25) is 0 Å². The second-order valence-corrected chi connectivity index (χ2v) is 7.69. The Bertz CT molecular complexity index is 544. The molecule has 0 amide bonds. The quantitative estimate of drug-likeness (QED) is 0.560. The maximum absolute atomic E-state index is 12.4. The van der Waals surface area contributed by atoms with Gasteiger partial charge in [0.2, 0.25) is 0 Å². The van der Waals surface area contributed by atoms with Crippen molar-refractivity contribution >= 4 is 21.4 Å². The Morgan fingerprint density at radius 3 is 2.70 bits per heavy atom. The first-order valence-corrected chi connectivity index (χ1v) is 9.05. The van der Waals surface area contributed by atoms with Crippen molar-refractivity contribution in [2.75, 3.05) is 26.2 Å². The Balaban J connectivity index is 2.72. The van der Waals surface area contributed by atoms with Crippen LogP contribution >= 0.6 is 11.3 Å². The van der Waals surface area contributed by atoms with Gasteiger partial charge in [-0.25, -0.2) is 8.42 Å². The zero-order valence-electron chi connectivity index (χ0n) is 12.1. The Morgan fingerprint density at radius 1 is 1.35 bits per heavy atom. The van der Waals surface area contributed by atoms with Gasteiger partial charge in [-0.15, -0.1) is 17.8 Å². The van der Waals surface area contributed by atoms with Crippen LogP contribution in [0.5, 0.6) is 0 Å². The lowest BCUT2D eigenvalue weighted by atomic mass is 10.3. The average Bonchev–Trinajstić information content (AvgIpc) is 2.90. The number of sulfonamides is 1. The van der Waals surface area contributed by atoms with Gasteiger partial charge in [0.15, 0.2) is 0 Å². The van der Waals surface area contributed by atoms with Gasteiger partial charge in [-0.05, 0) is 38.1 Å². The molecule has 0 saturated carbocycles. The molecule has 6 heteroatoms. The molecule has 0 aliphatic carbocycles. The van der Waals surface area contributed by atoms with Crippen molar-refractivity contribution in [1.82, 2.24) is 9.62 Å². The van der Waals surface area contributed by atoms with Crippen molar-refractivity contribution in [3.05, 3.63) is 17.0 Å². The topological polar surface area (TPSA) is 49.4 Å². The van der Waals surface area contributed by atoms with Crippen LogP contribution in [-0.4, -0.2) is 38.9 Å². The second-order valence-electron chi connectivity index (χ2n) is 4.36. The van der Waals surface area contributed by atoms with Gasteiger partial charge in [-0.1, -0.05) is 19.8 Å². The summed E-state index contributed by atoms with van der Waals surface area (Å²) in [5, 5.41) is 3.31. The number of hydrogen-bond donors (Lipinski definition) is 1. The fraction of sp³-hybridized carbons (Fsp3) is 0.571. The molecule has 0 unspecified atom stereocenters. The highest BCUT2D eigenvalue weighted by atomic mass is 32.2. The van der Waals surface area contributed by atoms with Gasteiger partial charge in [-0.2, -0.15) is 4.31 Å². The fourth-order valence-corrected chi connectivity index (χ4v) is 4.61. The summed E-state index contributed by atoms with van der Waals surface area (Å²) in [4.78, 5) is 1.07. The van der Waals surface area contributed by atoms with E-state index in [2.05, 4.69) is 18.2 Å². The van der Waals surface area contributed by atoms with Crippen molar-refractivity contribution < 1.29 is 8.42 Å². The molecule has 0 bridgehead atoms. The van der Waals surface area contributed by atoms with E-state index in [4.69, 9.17) is 6.42 Å². The van der Waals surface area contributed by atoms with Crippen LogP contribution in [0.15, 0.2) is 16.3 Å². The number of rotatable bonds is 9. The maximum atomic E-state index is 12.4. The van der Waals surface area contributed by atoms with Crippen molar-refractivity contribution in [2.24, 2.45) is 0 Å². The lowest BCUT2D eigenvalue weighted by Gasteiger charge is -2.16. The first-order chi connectivity index (χ1) is 9.56. The first kappa shape index (κ1) is 17.2. The van der Waals surface area contributed by atoms with Crippen LogP contribution in [0.2, 0.25) is 0 Å². The highest BCUT2D eigenvalue weighted by molar-refractivity contribution is 7.91. The normalized spacial score (nSPS) is 11.7. The fourth-order valence-electron chi connectivity index (χ4n) is 1.74. The number of terminal acetylenes is 1. The van der Waals surface area contributed by atoms with Gasteiger partial charge in [0.05, 0.1) is 6.54 Å². The molecule has 0 fully saturated rings. The molecule has 0 aliphatic heterocycles. The lowest BCUT2D eigenvalue weighted by Crippen LogP contribution is -2.30. The average molecular weight is 314 g/mol. The molecule has 1 aromatic rings. The SMILES string of the molecule is C#CCN(CC)S(=O)(=O)c1ccc(CCNCCC)s1. The standard InChI is InChI=1S/C14H22N2O2S2/c1-4-10-15-11-9-13-7-8-14(19-13)20(17,18)16(6-3)12-5-2/h2,7-8,15H,4,6,9-12H2,1,3H3. The minimum atomic E-state index is -3.44. The molecule has 112 valence electrons. The number of nitrogens with zero attached hydrogens (tertiary/aromatic N) is 1. The third kappa shape index (κ3) is 4.60. The molecule has 0 atom stereocenters. The van der Waals surface area contributed by atoms with Crippen molar-refractivity contribution in [1.29, 1.82) is 0 Å². The third-order valence-corrected chi connectivity index (χ3v) is 6.36. The minimum absolute atomic E-state index is 0.115. The van der Waals surface area contributed by atoms with E-state index in [1.54, 1.807) is 13.0 Å². The van der Waals surface area contributed by atoms with Crippen LogP contribution in [-0.2, 0) is 16.4 Å². The van der Waals surface area contributed by atoms with E-state index >= 15 is 0 Å². The minimum Gasteiger partial charge on any atom is -0.316 e. The molecule has 1 rings (SSSR count). The van der Waals surface area contributed by atoms with Crippen molar-refractivity contribution in [3.8, 4) is 12.3 Å². The summed E-state index contributed by atoms with van der Waals surface area (Å²) < 4.78 is 26.4. The smallest absolute Gasteiger partial charge is 0.253 e. The highest BCUT2D eigenvalue weighted by Crippen LogP contribution is 2.25. The zero-order valence-corrected chi connectivity index (χ0v) is 13.7. The number of hydrogen-bond acceptors (Lipinski definition) is 4. The van der Waals surface area contributed by atoms with E-state index in [-0.39, 0.29) is 6.54 Å². The summed E-state index contributed by atoms with van der Waals surface area (Å²) in [6.45, 7) is 6.27. The van der Waals surface area contributed by atoms with Gasteiger partial charge >= 0.3 is 0 Å². The van der Waals surface area contributed by atoms with E-state index in [1.165, 1.54) is 15.6 Å². The van der Waals surface area contributed by atoms with Gasteiger partial charge < -0.3 is 5.32 Å². The Labute approximate surface area is 126 Å². The summed E-state index contributed by atoms with van der Waals surface area (Å²) in [6, 6.07) is 3.56. The molecule has 0 aromatic carbocycles. The summed E-state index contributed by atoms with van der Waals surface area (Å²) >= 11 is 1.33. The second kappa shape index (κ2) is 8.42. The van der Waals surface area contributed by atoms with Crippen molar-refractivity contribution in [2.45, 2.75) is 30.9 Å². The molecular weight excluding hydrogens is 292 g/mol. The van der Waals surface area contributed by atoms with E-state index in [9.17, 15) is 8.42 Å². The summed E-state index contributed by atoms with van der Waals surface area (Å²) in [5.41, 5.74) is 0. The molecule has 0 spiro atoms. The van der Waals surface area contributed by atoms with Crippen LogP contribution in [0.1, 0.15) is 25.1 Å². The lowest BCUT2D eigenvalue weighted by molar-refractivity contribution is 0.466. The molecule has 0 aliphatic rings. The molecular formula is C14H22N2O2S2. The molecule has 1 N–H and O–H groups in total. The largest absolute Gasteiger partial charge is 0.316 e. The van der Waals surface area contributed by atoms with Crippen LogP contribution in [0.3, 0.4) is 0 Å². The number of thiophene rings is 1. The van der Waals surface area contributed by atoms with Gasteiger partial charge in [0.25, 0.3) is 10.0 Å². The summed E-state index contributed by atoms with van der Waals surface area (Å²) in [6.07, 6.45) is 7.17. The van der Waals surface area contributed by atoms with Crippen LogP contribution in [0, 0.1) is 12.3 Å². The predicted molar refractivity (Wildman–Crippen MR) is 84.4 cm³/mol. The van der Waals surface area contributed by atoms with E-state index in [0.717, 1.165) is 30.8 Å².